The van der Waals surface area contributed by atoms with Gasteiger partial charge in [0.25, 0.3) is 0 Å². The summed E-state index contributed by atoms with van der Waals surface area (Å²) >= 11 is 0. The van der Waals surface area contributed by atoms with Crippen LogP contribution in [0.25, 0.3) is 0 Å². The smallest absolute Gasteiger partial charge is 0.432 e. The van der Waals surface area contributed by atoms with Crippen molar-refractivity contribution in [3.8, 4) is 5.88 Å². The summed E-state index contributed by atoms with van der Waals surface area (Å²) in [6.07, 6.45) is -4.51. The van der Waals surface area contributed by atoms with Gasteiger partial charge in [0.15, 0.2) is 0 Å². The summed E-state index contributed by atoms with van der Waals surface area (Å²) in [5.74, 6) is -1.58. The van der Waals surface area contributed by atoms with Crippen LogP contribution in [0.4, 0.5) is 18.0 Å². The van der Waals surface area contributed by atoms with E-state index in [1.807, 2.05) is 0 Å². The summed E-state index contributed by atoms with van der Waals surface area (Å²) in [4.78, 5) is 10.5. The van der Waals surface area contributed by atoms with Crippen molar-refractivity contribution in [2.75, 3.05) is 6.61 Å². The number of halogens is 3. The first kappa shape index (κ1) is 14.6. The van der Waals surface area contributed by atoms with Gasteiger partial charge in [-0.2, -0.15) is 17.9 Å². The van der Waals surface area contributed by atoms with E-state index in [4.69, 9.17) is 9.84 Å². The first-order valence-corrected chi connectivity index (χ1v) is 5.93. The van der Waals surface area contributed by atoms with E-state index in [0.29, 0.717) is 4.68 Å². The van der Waals surface area contributed by atoms with Gasteiger partial charge in [-0.1, -0.05) is 0 Å². The minimum absolute atomic E-state index is 0.0170. The molecule has 0 radical (unpaired) electrons. The lowest BCUT2D eigenvalue weighted by Gasteiger charge is -2.12. The molecule has 1 aromatic heterocycles. The van der Waals surface area contributed by atoms with Crippen LogP contribution in [0.15, 0.2) is 12.3 Å². The van der Waals surface area contributed by atoms with Crippen LogP contribution in [0.1, 0.15) is 19.3 Å². The Balaban J connectivity index is 1.71. The number of nitrogens with zero attached hydrogens (tertiary/aromatic N) is 2. The summed E-state index contributed by atoms with van der Waals surface area (Å²) < 4.78 is 42.7. The Morgan fingerprint density at radius 3 is 2.80 bits per heavy atom. The monoisotopic (exact) mass is 294 g/mol. The molecule has 2 unspecified atom stereocenters. The summed E-state index contributed by atoms with van der Waals surface area (Å²) in [5.41, 5.74) is -1.68. The first-order chi connectivity index (χ1) is 9.22. The Morgan fingerprint density at radius 2 is 2.30 bits per heavy atom. The maximum atomic E-state index is 12.3. The van der Waals surface area contributed by atoms with Gasteiger partial charge in [-0.15, -0.1) is 5.10 Å². The normalized spacial score (nSPS) is 25.5. The van der Waals surface area contributed by atoms with Crippen molar-refractivity contribution < 1.29 is 32.9 Å². The van der Waals surface area contributed by atoms with E-state index >= 15 is 0 Å². The van der Waals surface area contributed by atoms with E-state index in [1.54, 1.807) is 0 Å². The fourth-order valence-corrected chi connectivity index (χ4v) is 2.04. The molecule has 1 saturated carbocycles. The van der Waals surface area contributed by atoms with E-state index < -0.39 is 23.8 Å². The minimum atomic E-state index is -4.37. The zero-order chi connectivity index (χ0) is 15.0. The van der Waals surface area contributed by atoms with Crippen molar-refractivity contribution in [2.45, 2.75) is 31.0 Å². The van der Waals surface area contributed by atoms with Gasteiger partial charge >= 0.3 is 12.3 Å². The van der Waals surface area contributed by atoms with E-state index in [2.05, 4.69) is 5.10 Å². The van der Waals surface area contributed by atoms with Gasteiger partial charge in [0.2, 0.25) is 5.88 Å². The highest BCUT2D eigenvalue weighted by Crippen LogP contribution is 2.55. The van der Waals surface area contributed by atoms with Crippen molar-refractivity contribution in [3.63, 3.8) is 0 Å². The molecule has 0 aliphatic heterocycles. The number of aromatic nitrogens is 2. The van der Waals surface area contributed by atoms with Gasteiger partial charge in [0, 0.05) is 12.3 Å². The Bertz CT molecular complexity index is 502. The number of aliphatic hydroxyl groups is 1. The lowest BCUT2D eigenvalue weighted by molar-refractivity contribution is -0.163. The average Bonchev–Trinajstić information content (AvgIpc) is 2.83. The molecule has 20 heavy (non-hydrogen) atoms. The molecule has 0 saturated heterocycles. The topological polar surface area (TPSA) is 84.6 Å². The lowest BCUT2D eigenvalue weighted by Crippen LogP contribution is -2.22. The van der Waals surface area contributed by atoms with Crippen LogP contribution in [0, 0.1) is 5.92 Å². The second-order valence-electron chi connectivity index (χ2n) is 4.74. The molecule has 0 aromatic carbocycles. The third kappa shape index (κ3) is 3.21. The predicted molar refractivity (Wildman–Crippen MR) is 59.5 cm³/mol. The van der Waals surface area contributed by atoms with E-state index in [-0.39, 0.29) is 31.7 Å². The van der Waals surface area contributed by atoms with Gasteiger partial charge in [0.1, 0.15) is 0 Å². The molecule has 6 nitrogen and oxygen atoms in total. The molecule has 1 fully saturated rings. The SMILES string of the molecule is O=C(O)n1ccc(OCCCC2(O)CC2C(F)(F)F)n1. The van der Waals surface area contributed by atoms with Gasteiger partial charge in [-0.05, 0) is 19.3 Å². The Morgan fingerprint density at radius 1 is 1.60 bits per heavy atom. The van der Waals surface area contributed by atoms with Crippen LogP contribution < -0.4 is 4.74 Å². The van der Waals surface area contributed by atoms with Crippen LogP contribution in [0.3, 0.4) is 0 Å². The number of carboxylic acid groups (broad SMARTS) is 1. The van der Waals surface area contributed by atoms with Crippen molar-refractivity contribution >= 4 is 6.09 Å². The third-order valence-electron chi connectivity index (χ3n) is 3.21. The van der Waals surface area contributed by atoms with Crippen molar-refractivity contribution in [3.05, 3.63) is 12.3 Å². The van der Waals surface area contributed by atoms with Gasteiger partial charge in [0.05, 0.1) is 18.1 Å². The molecular formula is C11H13F3N2O4. The quantitative estimate of drug-likeness (QED) is 0.810. The summed E-state index contributed by atoms with van der Waals surface area (Å²) in [6, 6.07) is 1.33. The van der Waals surface area contributed by atoms with E-state index in [0.717, 1.165) is 0 Å². The molecule has 1 aliphatic rings. The molecule has 1 heterocycles. The molecule has 0 spiro atoms. The van der Waals surface area contributed by atoms with Crippen molar-refractivity contribution in [2.24, 2.45) is 5.92 Å². The van der Waals surface area contributed by atoms with E-state index in [9.17, 15) is 23.1 Å². The van der Waals surface area contributed by atoms with Crippen LogP contribution in [-0.4, -0.2) is 44.5 Å². The van der Waals surface area contributed by atoms with Gasteiger partial charge in [-0.3, -0.25) is 0 Å². The van der Waals surface area contributed by atoms with Gasteiger partial charge < -0.3 is 14.9 Å². The molecule has 1 aromatic rings. The summed E-state index contributed by atoms with van der Waals surface area (Å²) in [5, 5.41) is 21.8. The molecule has 2 N–H and O–H groups in total. The molecule has 0 bridgehead atoms. The standard InChI is InChI=1S/C11H13F3N2O4/c12-11(13,14)7-6-10(7,19)3-1-5-20-8-2-4-16(15-8)9(17)18/h2,4,7,19H,1,3,5-6H2,(H,17,18). The number of hydrogen-bond donors (Lipinski definition) is 2. The number of hydrogen-bond acceptors (Lipinski definition) is 4. The fraction of sp³-hybridized carbons (Fsp3) is 0.636. The number of rotatable bonds is 5. The highest BCUT2D eigenvalue weighted by atomic mass is 19.4. The Labute approximate surface area is 111 Å². The minimum Gasteiger partial charge on any atom is -0.477 e. The second-order valence-corrected chi connectivity index (χ2v) is 4.74. The van der Waals surface area contributed by atoms with Crippen LogP contribution in [0.5, 0.6) is 5.88 Å². The third-order valence-corrected chi connectivity index (χ3v) is 3.21. The first-order valence-electron chi connectivity index (χ1n) is 5.93. The molecule has 112 valence electrons. The number of ether oxygens (including phenoxy) is 1. The number of carbonyl (C=O) groups is 1. The lowest BCUT2D eigenvalue weighted by atomic mass is 10.1. The average molecular weight is 294 g/mol. The molecular weight excluding hydrogens is 281 g/mol. The number of alkyl halides is 3. The largest absolute Gasteiger partial charge is 0.477 e. The van der Waals surface area contributed by atoms with Crippen LogP contribution in [-0.2, 0) is 0 Å². The zero-order valence-electron chi connectivity index (χ0n) is 10.3. The van der Waals surface area contributed by atoms with Crippen LogP contribution >= 0.6 is 0 Å². The predicted octanol–water partition coefficient (Wildman–Crippen LogP) is 1.88. The molecule has 9 heteroatoms. The summed E-state index contributed by atoms with van der Waals surface area (Å²) in [6.45, 7) is 0.0590. The maximum absolute atomic E-state index is 12.3. The summed E-state index contributed by atoms with van der Waals surface area (Å²) in [7, 11) is 0. The fourth-order valence-electron chi connectivity index (χ4n) is 2.04. The molecule has 2 rings (SSSR count). The second kappa shape index (κ2) is 4.97. The van der Waals surface area contributed by atoms with Crippen molar-refractivity contribution in [1.82, 2.24) is 9.78 Å². The van der Waals surface area contributed by atoms with Crippen LogP contribution in [0.2, 0.25) is 0 Å². The Hall–Kier alpha value is -1.77. The highest BCUT2D eigenvalue weighted by molar-refractivity contribution is 5.66. The maximum Gasteiger partial charge on any atom is 0.432 e. The van der Waals surface area contributed by atoms with Gasteiger partial charge in [-0.25, -0.2) is 4.79 Å². The zero-order valence-corrected chi connectivity index (χ0v) is 10.3. The molecule has 1 aliphatic carbocycles. The Kier molecular flexibility index (Phi) is 3.63. The molecule has 0 amide bonds. The highest BCUT2D eigenvalue weighted by Gasteiger charge is 2.65. The van der Waals surface area contributed by atoms with E-state index in [1.165, 1.54) is 12.3 Å². The molecule has 2 atom stereocenters. The van der Waals surface area contributed by atoms with Crippen molar-refractivity contribution in [1.29, 1.82) is 0 Å².